The van der Waals surface area contributed by atoms with E-state index in [1.54, 1.807) is 40.0 Å². The average Bonchev–Trinajstić information content (AvgIpc) is 2.04. The van der Waals surface area contributed by atoms with Gasteiger partial charge in [-0.05, 0) is 60.8 Å². The summed E-state index contributed by atoms with van der Waals surface area (Å²) >= 11 is 0. The van der Waals surface area contributed by atoms with Gasteiger partial charge in [-0.1, -0.05) is 14.9 Å². The Balaban J connectivity index is -0.0000000823. The first-order chi connectivity index (χ1) is 10.2. The third kappa shape index (κ3) is 56.5. The molecule has 6 nitrogen and oxygen atoms in total. The lowest BCUT2D eigenvalue weighted by molar-refractivity contribution is -0.124. The number of ketones is 3. The lowest BCUT2D eigenvalue weighted by atomic mass is 10.2. The predicted molar refractivity (Wildman–Crippen MR) is 118 cm³/mol. The molecule has 9 heteroatoms. The maximum Gasteiger partial charge on any atom is 0.137 e. The van der Waals surface area contributed by atoms with Crippen LogP contribution < -0.4 is 0 Å². The number of rotatable bonds is 6. The van der Waals surface area contributed by atoms with Crippen molar-refractivity contribution in [2.75, 3.05) is 52.1 Å². The summed E-state index contributed by atoms with van der Waals surface area (Å²) in [5.41, 5.74) is 0. The van der Waals surface area contributed by atoms with Crippen LogP contribution in [0.2, 0.25) is 0 Å². The van der Waals surface area contributed by atoms with Crippen molar-refractivity contribution in [3.8, 4) is 0 Å². The van der Waals surface area contributed by atoms with Gasteiger partial charge in [0.15, 0.2) is 0 Å². The maximum atomic E-state index is 11.1. The summed E-state index contributed by atoms with van der Waals surface area (Å²) in [6.07, 6.45) is 0.326. The molecule has 0 atom stereocenters. The van der Waals surface area contributed by atoms with Crippen molar-refractivity contribution in [2.24, 2.45) is 0 Å². The van der Waals surface area contributed by atoms with Crippen molar-refractivity contribution in [3.05, 3.63) is 0 Å². The van der Waals surface area contributed by atoms with Gasteiger partial charge in [-0.15, -0.1) is 0 Å². The Bertz CT molecular complexity index is 531. The quantitative estimate of drug-likeness (QED) is 0.420. The summed E-state index contributed by atoms with van der Waals surface area (Å²) in [7, 11) is -6.17. The summed E-state index contributed by atoms with van der Waals surface area (Å²) in [5.74, 6) is 0.290. The summed E-state index contributed by atoms with van der Waals surface area (Å²) in [6, 6.07) is 0. The van der Waals surface area contributed by atoms with E-state index < -0.39 is 21.4 Å². The molecule has 0 spiro atoms. The first-order valence-corrected chi connectivity index (χ1v) is 15.7. The van der Waals surface area contributed by atoms with E-state index in [4.69, 9.17) is 0 Å². The van der Waals surface area contributed by atoms with Crippen LogP contribution >= 0.6 is 21.4 Å². The second kappa shape index (κ2) is 15.7. The highest BCUT2D eigenvalue weighted by molar-refractivity contribution is 7.79. The first kappa shape index (κ1) is 36.6. The monoisotopic (exact) mass is 434 g/mol. The molecule has 0 unspecified atom stereocenters. The van der Waals surface area contributed by atoms with Gasteiger partial charge in [0.05, 0.1) is 39.9 Å². The molecule has 0 saturated carbocycles. The van der Waals surface area contributed by atoms with Gasteiger partial charge in [0.25, 0.3) is 0 Å². The number of carbonyl (C=O) groups excluding carboxylic acids is 3. The number of Topliss-reactive ketones (excluding diaryl/α,β-unsaturated/α-hetero) is 3. The van der Waals surface area contributed by atoms with Crippen LogP contribution in [-0.2, 0) is 28.1 Å². The highest BCUT2D eigenvalue weighted by atomic mass is 31.2. The number of carbonyl (C=O) groups is 3. The van der Waals surface area contributed by atoms with Crippen molar-refractivity contribution in [3.63, 3.8) is 0 Å². The Morgan fingerprint density at radius 2 is 0.846 bits per heavy atom. The number of hydrogen-bond donors (Lipinski definition) is 0. The summed E-state index contributed by atoms with van der Waals surface area (Å²) in [5, 5.41) is 0. The van der Waals surface area contributed by atoms with E-state index >= 15 is 0 Å². The fraction of sp³-hybridized carbons (Fsp3) is 0.824. The molecule has 160 valence electrons. The van der Waals surface area contributed by atoms with Crippen LogP contribution in [0.3, 0.4) is 0 Å². The largest absolute Gasteiger partial charge is 0.324 e. The van der Waals surface area contributed by atoms with Gasteiger partial charge in [-0.3, -0.25) is 14.4 Å². The minimum atomic E-state index is -2.07. The Labute approximate surface area is 161 Å². The van der Waals surface area contributed by atoms with Gasteiger partial charge in [0, 0.05) is 0 Å². The van der Waals surface area contributed by atoms with E-state index in [9.17, 15) is 28.1 Å². The van der Waals surface area contributed by atoms with Crippen molar-refractivity contribution in [2.45, 2.75) is 42.0 Å². The smallest absolute Gasteiger partial charge is 0.137 e. The van der Waals surface area contributed by atoms with Crippen molar-refractivity contribution < 1.29 is 28.1 Å². The minimum absolute atomic E-state index is 0. The van der Waals surface area contributed by atoms with Crippen LogP contribution in [0.15, 0.2) is 0 Å². The van der Waals surface area contributed by atoms with Crippen LogP contribution in [0.1, 0.15) is 42.0 Å². The third-order valence-electron chi connectivity index (χ3n) is 1.78. The SMILES string of the molecule is C.C.CC(=O)CC(C)=O.CC(=O)CP(C)(C)=O.CP(C)(=O)CP(C)(C)=O. The predicted octanol–water partition coefficient (Wildman–Crippen LogP) is 5.21. The van der Waals surface area contributed by atoms with E-state index in [2.05, 4.69) is 0 Å². The fourth-order valence-corrected chi connectivity index (χ4v) is 9.34. The zero-order valence-electron chi connectivity index (χ0n) is 16.4. The van der Waals surface area contributed by atoms with Gasteiger partial charge in [-0.2, -0.15) is 0 Å². The molecule has 26 heavy (non-hydrogen) atoms. The van der Waals surface area contributed by atoms with Gasteiger partial charge in [0.1, 0.15) is 17.3 Å². The maximum absolute atomic E-state index is 11.1. The van der Waals surface area contributed by atoms with Crippen LogP contribution in [0.25, 0.3) is 0 Å². The van der Waals surface area contributed by atoms with Crippen molar-refractivity contribution in [1.82, 2.24) is 0 Å². The Morgan fingerprint density at radius 1 is 0.577 bits per heavy atom. The van der Waals surface area contributed by atoms with Crippen molar-refractivity contribution in [1.29, 1.82) is 0 Å². The highest BCUT2D eigenvalue weighted by Gasteiger charge is 2.17. The molecule has 0 aliphatic carbocycles. The molecule has 0 N–H and O–H groups in total. The molecule has 0 saturated heterocycles. The molecule has 0 rings (SSSR count). The van der Waals surface area contributed by atoms with Gasteiger partial charge >= 0.3 is 0 Å². The van der Waals surface area contributed by atoms with Crippen LogP contribution in [0.4, 0.5) is 0 Å². The molecule has 0 fully saturated rings. The highest BCUT2D eigenvalue weighted by Crippen LogP contribution is 2.52. The molecule has 0 aromatic carbocycles. The van der Waals surface area contributed by atoms with Crippen LogP contribution in [0, 0.1) is 0 Å². The second-order valence-corrected chi connectivity index (χ2v) is 18.2. The zero-order valence-corrected chi connectivity index (χ0v) is 19.1. The number of hydrogen-bond acceptors (Lipinski definition) is 6. The Hall–Kier alpha value is -0.300. The Kier molecular flexibility index (Phi) is 22.1. The molecular formula is C17H41O6P3. The molecule has 0 bridgehead atoms. The van der Waals surface area contributed by atoms with E-state index in [1.807, 2.05) is 0 Å². The summed E-state index contributed by atoms with van der Waals surface area (Å²) in [4.78, 5) is 30.4. The standard InChI is InChI=1S/C5H14O2P2.C5H11O2P.C5H8O2.2CH4/c1-8(2,6)5-9(3,4)7;1-5(6)4-8(2,3)7;1-4(6)3-5(2)7;;/h5H2,1-4H3;4H2,1-3H3;3H2,1-2H3;2*1H4. The van der Waals surface area contributed by atoms with E-state index in [-0.39, 0.29) is 44.8 Å². The Morgan fingerprint density at radius 3 is 0.846 bits per heavy atom. The van der Waals surface area contributed by atoms with Crippen LogP contribution in [-0.4, -0.2) is 69.4 Å². The molecule has 0 aromatic rings. The van der Waals surface area contributed by atoms with E-state index in [0.717, 1.165) is 0 Å². The third-order valence-corrected chi connectivity index (χ3v) is 8.44. The molecule has 0 amide bonds. The summed E-state index contributed by atoms with van der Waals surface area (Å²) in [6.45, 7) is 14.2. The second-order valence-electron chi connectivity index (χ2n) is 7.30. The topological polar surface area (TPSA) is 102 Å². The lowest BCUT2D eigenvalue weighted by Gasteiger charge is -2.09. The van der Waals surface area contributed by atoms with Gasteiger partial charge in [0.2, 0.25) is 0 Å². The van der Waals surface area contributed by atoms with Gasteiger partial charge in [-0.25, -0.2) is 0 Å². The van der Waals surface area contributed by atoms with Crippen molar-refractivity contribution >= 4 is 38.8 Å². The van der Waals surface area contributed by atoms with E-state index in [0.29, 0.717) is 5.90 Å². The average molecular weight is 434 g/mol. The molecule has 0 aliphatic rings. The zero-order chi connectivity index (χ0) is 20.4. The fourth-order valence-electron chi connectivity index (χ4n) is 1.71. The molecule has 0 radical (unpaired) electrons. The first-order valence-electron chi connectivity index (χ1n) is 7.35. The lowest BCUT2D eigenvalue weighted by Crippen LogP contribution is -1.97. The summed E-state index contributed by atoms with van der Waals surface area (Å²) < 4.78 is 32.9. The normalized spacial score (nSPS) is 10.5. The molecule has 0 heterocycles. The molecule has 0 aromatic heterocycles. The van der Waals surface area contributed by atoms with Gasteiger partial charge < -0.3 is 13.7 Å². The van der Waals surface area contributed by atoms with E-state index in [1.165, 1.54) is 20.8 Å². The molecular weight excluding hydrogens is 393 g/mol. The van der Waals surface area contributed by atoms with Crippen LogP contribution in [0.5, 0.6) is 0 Å². The minimum Gasteiger partial charge on any atom is -0.324 e. The molecule has 0 aliphatic heterocycles.